The third-order valence-corrected chi connectivity index (χ3v) is 4.08. The molecule has 0 bridgehead atoms. The molecule has 0 radical (unpaired) electrons. The Labute approximate surface area is 133 Å². The summed E-state index contributed by atoms with van der Waals surface area (Å²) in [5.41, 5.74) is 3.48. The number of methoxy groups -OCH3 is 1. The Morgan fingerprint density at radius 2 is 1.91 bits per heavy atom. The largest absolute Gasteiger partial charge is 0.416 e. The average Bonchev–Trinajstić information content (AvgIpc) is 2.90. The van der Waals surface area contributed by atoms with Crippen LogP contribution in [0.4, 0.5) is 18.9 Å². The Balaban J connectivity index is 1.82. The Bertz CT molecular complexity index is 697. The standard InChI is InChI=1S/C18H18F3NO/c1-23-12-14-5-6-15-7-8-22(17(15)10-14)11-13-3-2-4-16(9-13)18(19,20)21/h2-6,9-10H,7-8,11-12H2,1H3. The van der Waals surface area contributed by atoms with E-state index in [9.17, 15) is 13.2 Å². The van der Waals surface area contributed by atoms with Crippen LogP contribution in [0, 0.1) is 0 Å². The van der Waals surface area contributed by atoms with Gasteiger partial charge in [0.25, 0.3) is 0 Å². The first-order valence-corrected chi connectivity index (χ1v) is 7.49. The van der Waals surface area contributed by atoms with Gasteiger partial charge in [-0.05, 0) is 41.3 Å². The van der Waals surface area contributed by atoms with Crippen molar-refractivity contribution in [3.8, 4) is 0 Å². The number of anilines is 1. The summed E-state index contributed by atoms with van der Waals surface area (Å²) in [6, 6.07) is 11.7. The zero-order chi connectivity index (χ0) is 16.4. The van der Waals surface area contributed by atoms with Crippen LogP contribution in [0.3, 0.4) is 0 Å². The number of halogens is 3. The summed E-state index contributed by atoms with van der Waals surface area (Å²) in [4.78, 5) is 2.13. The van der Waals surface area contributed by atoms with Crippen molar-refractivity contribution >= 4 is 5.69 Å². The van der Waals surface area contributed by atoms with Crippen LogP contribution in [-0.4, -0.2) is 13.7 Å². The third kappa shape index (κ3) is 3.50. The lowest BCUT2D eigenvalue weighted by atomic mass is 10.1. The van der Waals surface area contributed by atoms with Gasteiger partial charge in [0.2, 0.25) is 0 Å². The van der Waals surface area contributed by atoms with Gasteiger partial charge in [0.15, 0.2) is 0 Å². The van der Waals surface area contributed by atoms with Gasteiger partial charge in [0, 0.05) is 25.9 Å². The molecule has 0 amide bonds. The molecule has 0 spiro atoms. The van der Waals surface area contributed by atoms with Gasteiger partial charge in [0.1, 0.15) is 0 Å². The van der Waals surface area contributed by atoms with E-state index >= 15 is 0 Å². The Kier molecular flexibility index (Phi) is 4.31. The van der Waals surface area contributed by atoms with Gasteiger partial charge in [-0.15, -0.1) is 0 Å². The number of ether oxygens (including phenoxy) is 1. The molecule has 2 aromatic carbocycles. The second-order valence-corrected chi connectivity index (χ2v) is 5.77. The fraction of sp³-hybridized carbons (Fsp3) is 0.333. The summed E-state index contributed by atoms with van der Waals surface area (Å²) in [6.45, 7) is 1.83. The normalized spacial score (nSPS) is 14.2. The summed E-state index contributed by atoms with van der Waals surface area (Å²) in [7, 11) is 1.65. The monoisotopic (exact) mass is 321 g/mol. The molecule has 0 unspecified atom stereocenters. The lowest BCUT2D eigenvalue weighted by molar-refractivity contribution is -0.137. The molecule has 0 aromatic heterocycles. The average molecular weight is 321 g/mol. The Hall–Kier alpha value is -2.01. The van der Waals surface area contributed by atoms with Crippen LogP contribution in [-0.2, 0) is 30.5 Å². The molecule has 0 fully saturated rings. The maximum Gasteiger partial charge on any atom is 0.416 e. The number of rotatable bonds is 4. The molecule has 5 heteroatoms. The number of hydrogen-bond donors (Lipinski definition) is 0. The number of benzene rings is 2. The molecule has 2 nitrogen and oxygen atoms in total. The van der Waals surface area contributed by atoms with Gasteiger partial charge in [-0.1, -0.05) is 24.3 Å². The first-order chi connectivity index (χ1) is 11.0. The number of hydrogen-bond acceptors (Lipinski definition) is 2. The van der Waals surface area contributed by atoms with Gasteiger partial charge in [-0.3, -0.25) is 0 Å². The molecule has 0 atom stereocenters. The molecule has 0 aliphatic carbocycles. The SMILES string of the molecule is COCc1ccc2c(c1)N(Cc1cccc(C(F)(F)F)c1)CC2. The lowest BCUT2D eigenvalue weighted by Gasteiger charge is -2.21. The van der Waals surface area contributed by atoms with Gasteiger partial charge in [0.05, 0.1) is 12.2 Å². The fourth-order valence-electron chi connectivity index (χ4n) is 2.98. The summed E-state index contributed by atoms with van der Waals surface area (Å²) in [6.07, 6.45) is -3.38. The number of fused-ring (bicyclic) bond motifs is 1. The van der Waals surface area contributed by atoms with E-state index in [0.717, 1.165) is 30.3 Å². The van der Waals surface area contributed by atoms with Crippen molar-refractivity contribution in [3.05, 3.63) is 64.7 Å². The van der Waals surface area contributed by atoms with Crippen LogP contribution in [0.2, 0.25) is 0 Å². The summed E-state index contributed by atoms with van der Waals surface area (Å²) >= 11 is 0. The van der Waals surface area contributed by atoms with Crippen LogP contribution in [0.5, 0.6) is 0 Å². The van der Waals surface area contributed by atoms with Crippen LogP contribution >= 0.6 is 0 Å². The van der Waals surface area contributed by atoms with E-state index in [1.807, 2.05) is 6.07 Å². The third-order valence-electron chi connectivity index (χ3n) is 4.08. The summed E-state index contributed by atoms with van der Waals surface area (Å²) in [5, 5.41) is 0. The molecule has 2 aromatic rings. The smallest absolute Gasteiger partial charge is 0.380 e. The molecule has 122 valence electrons. The predicted molar refractivity (Wildman–Crippen MR) is 83.4 cm³/mol. The quantitative estimate of drug-likeness (QED) is 0.827. The first kappa shape index (κ1) is 15.9. The van der Waals surface area contributed by atoms with E-state index < -0.39 is 11.7 Å². The second-order valence-electron chi connectivity index (χ2n) is 5.77. The van der Waals surface area contributed by atoms with E-state index in [-0.39, 0.29) is 0 Å². The molecule has 0 N–H and O–H groups in total. The van der Waals surface area contributed by atoms with Gasteiger partial charge >= 0.3 is 6.18 Å². The highest BCUT2D eigenvalue weighted by Gasteiger charge is 2.30. The minimum Gasteiger partial charge on any atom is -0.380 e. The molecule has 3 rings (SSSR count). The van der Waals surface area contributed by atoms with Crippen molar-refractivity contribution in [2.24, 2.45) is 0 Å². The molecule has 0 saturated heterocycles. The van der Waals surface area contributed by atoms with E-state index in [2.05, 4.69) is 17.0 Å². The van der Waals surface area contributed by atoms with E-state index in [1.165, 1.54) is 17.7 Å². The molecule has 1 aliphatic heterocycles. The summed E-state index contributed by atoms with van der Waals surface area (Å²) in [5.74, 6) is 0. The highest BCUT2D eigenvalue weighted by atomic mass is 19.4. The van der Waals surface area contributed by atoms with Crippen molar-refractivity contribution in [2.45, 2.75) is 25.7 Å². The van der Waals surface area contributed by atoms with Gasteiger partial charge in [-0.2, -0.15) is 13.2 Å². The molecular weight excluding hydrogens is 303 g/mol. The van der Waals surface area contributed by atoms with Crippen LogP contribution < -0.4 is 4.90 Å². The molecule has 1 aliphatic rings. The van der Waals surface area contributed by atoms with Crippen molar-refractivity contribution in [1.29, 1.82) is 0 Å². The van der Waals surface area contributed by atoms with Crippen molar-refractivity contribution in [1.82, 2.24) is 0 Å². The number of nitrogens with zero attached hydrogens (tertiary/aromatic N) is 1. The predicted octanol–water partition coefficient (Wildman–Crippen LogP) is 4.41. The van der Waals surface area contributed by atoms with E-state index in [0.29, 0.717) is 18.7 Å². The fourth-order valence-corrected chi connectivity index (χ4v) is 2.98. The van der Waals surface area contributed by atoms with Crippen molar-refractivity contribution in [2.75, 3.05) is 18.6 Å². The van der Waals surface area contributed by atoms with E-state index in [4.69, 9.17) is 4.74 Å². The van der Waals surface area contributed by atoms with Gasteiger partial charge in [-0.25, -0.2) is 0 Å². The molecule has 23 heavy (non-hydrogen) atoms. The Morgan fingerprint density at radius 3 is 2.65 bits per heavy atom. The van der Waals surface area contributed by atoms with Crippen LogP contribution in [0.1, 0.15) is 22.3 Å². The molecule has 0 saturated carbocycles. The van der Waals surface area contributed by atoms with Crippen molar-refractivity contribution < 1.29 is 17.9 Å². The number of alkyl halides is 3. The lowest BCUT2D eigenvalue weighted by Crippen LogP contribution is -2.20. The molecule has 1 heterocycles. The van der Waals surface area contributed by atoms with Crippen molar-refractivity contribution in [3.63, 3.8) is 0 Å². The maximum absolute atomic E-state index is 12.8. The topological polar surface area (TPSA) is 12.5 Å². The highest BCUT2D eigenvalue weighted by Crippen LogP contribution is 2.33. The summed E-state index contributed by atoms with van der Waals surface area (Å²) < 4.78 is 43.6. The minimum absolute atomic E-state index is 0.480. The van der Waals surface area contributed by atoms with Gasteiger partial charge < -0.3 is 9.64 Å². The van der Waals surface area contributed by atoms with Crippen LogP contribution in [0.15, 0.2) is 42.5 Å². The maximum atomic E-state index is 12.8. The first-order valence-electron chi connectivity index (χ1n) is 7.49. The minimum atomic E-state index is -4.30. The van der Waals surface area contributed by atoms with Crippen LogP contribution in [0.25, 0.3) is 0 Å². The second kappa shape index (κ2) is 6.24. The Morgan fingerprint density at radius 1 is 1.09 bits per heavy atom. The zero-order valence-electron chi connectivity index (χ0n) is 12.9. The molecular formula is C18H18F3NO. The zero-order valence-corrected chi connectivity index (χ0v) is 12.9. The van der Waals surface area contributed by atoms with E-state index in [1.54, 1.807) is 13.2 Å². The highest BCUT2D eigenvalue weighted by molar-refractivity contribution is 5.59.